The number of aryl methyl sites for hydroxylation is 1. The van der Waals surface area contributed by atoms with E-state index in [1.54, 1.807) is 38.1 Å². The second-order valence-corrected chi connectivity index (χ2v) is 8.62. The normalized spacial score (nSPS) is 11.6. The Morgan fingerprint density at radius 1 is 0.931 bits per heavy atom. The van der Waals surface area contributed by atoms with Gasteiger partial charge in [-0.2, -0.15) is 4.53 Å². The van der Waals surface area contributed by atoms with E-state index in [2.05, 4.69) is 6.92 Å². The lowest BCUT2D eigenvalue weighted by molar-refractivity contribution is 0.0374. The maximum absolute atomic E-state index is 12.7. The summed E-state index contributed by atoms with van der Waals surface area (Å²) in [5.41, 5.74) is 1.25. The smallest absolute Gasteiger partial charge is 0.284 e. The fourth-order valence-corrected chi connectivity index (χ4v) is 3.37. The quantitative estimate of drug-likeness (QED) is 0.240. The predicted molar refractivity (Wildman–Crippen MR) is 119 cm³/mol. The Hall–Kier alpha value is -1.59. The van der Waals surface area contributed by atoms with Crippen molar-refractivity contribution in [1.82, 2.24) is 9.06 Å². The van der Waals surface area contributed by atoms with E-state index in [0.29, 0.717) is 16.1 Å². The third-order valence-electron chi connectivity index (χ3n) is 4.60. The zero-order valence-electron chi connectivity index (χ0n) is 16.8. The Kier molecular flexibility index (Phi) is 8.53. The molecule has 0 aliphatic rings. The Labute approximate surface area is 187 Å². The van der Waals surface area contributed by atoms with Crippen molar-refractivity contribution < 1.29 is 9.59 Å². The SMILES string of the molecule is CCCCc1ccc(C(=O)CC(C)(C)N(Cl)N(Cl)C(=O)c2ccc(Cl)cc2)cc1. The number of hydrogen-bond donors (Lipinski definition) is 0. The molecule has 0 heterocycles. The molecule has 7 heteroatoms. The van der Waals surface area contributed by atoms with Crippen molar-refractivity contribution in [2.75, 3.05) is 0 Å². The van der Waals surface area contributed by atoms with Gasteiger partial charge in [-0.05, 0) is 56.5 Å². The van der Waals surface area contributed by atoms with Crippen molar-refractivity contribution in [3.8, 4) is 0 Å². The lowest BCUT2D eigenvalue weighted by atomic mass is 9.94. The summed E-state index contributed by atoms with van der Waals surface area (Å²) in [6.45, 7) is 5.64. The van der Waals surface area contributed by atoms with Gasteiger partial charge in [-0.25, -0.2) is 0 Å². The predicted octanol–water partition coefficient (Wildman–Crippen LogP) is 6.70. The minimum atomic E-state index is -0.899. The first kappa shape index (κ1) is 23.7. The van der Waals surface area contributed by atoms with Crippen molar-refractivity contribution in [2.24, 2.45) is 0 Å². The van der Waals surface area contributed by atoms with Crippen LogP contribution in [0.25, 0.3) is 0 Å². The zero-order chi connectivity index (χ0) is 21.6. The molecule has 2 rings (SSSR count). The van der Waals surface area contributed by atoms with Crippen molar-refractivity contribution in [3.05, 3.63) is 70.2 Å². The number of halogens is 3. The van der Waals surface area contributed by atoms with Crippen molar-refractivity contribution in [3.63, 3.8) is 0 Å². The first-order valence-electron chi connectivity index (χ1n) is 9.49. The molecule has 0 fully saturated rings. The number of carbonyl (C=O) groups is 2. The van der Waals surface area contributed by atoms with Crippen LogP contribution < -0.4 is 0 Å². The number of hydrazine groups is 1. The molecular formula is C22H25Cl3N2O2. The fourth-order valence-electron chi connectivity index (χ4n) is 2.81. The van der Waals surface area contributed by atoms with Crippen molar-refractivity contribution in [1.29, 1.82) is 0 Å². The average molecular weight is 456 g/mol. The van der Waals surface area contributed by atoms with Crippen LogP contribution in [0.15, 0.2) is 48.5 Å². The van der Waals surface area contributed by atoms with E-state index in [-0.39, 0.29) is 12.2 Å². The number of amides is 1. The maximum Gasteiger partial charge on any atom is 0.284 e. The zero-order valence-corrected chi connectivity index (χ0v) is 19.1. The van der Waals surface area contributed by atoms with Crippen LogP contribution in [0.1, 0.15) is 66.3 Å². The number of hydrogen-bond acceptors (Lipinski definition) is 3. The minimum Gasteiger partial charge on any atom is -0.294 e. The Morgan fingerprint density at radius 3 is 2.03 bits per heavy atom. The van der Waals surface area contributed by atoms with Gasteiger partial charge in [0, 0.05) is 46.1 Å². The summed E-state index contributed by atoms with van der Waals surface area (Å²) in [6.07, 6.45) is 3.33. The van der Waals surface area contributed by atoms with Crippen molar-refractivity contribution in [2.45, 2.75) is 52.0 Å². The monoisotopic (exact) mass is 454 g/mol. The van der Waals surface area contributed by atoms with Gasteiger partial charge in [0.1, 0.15) is 0 Å². The van der Waals surface area contributed by atoms with Crippen LogP contribution in [0.3, 0.4) is 0 Å². The highest BCUT2D eigenvalue weighted by molar-refractivity contribution is 6.31. The molecule has 0 aliphatic carbocycles. The van der Waals surface area contributed by atoms with E-state index in [0.717, 1.165) is 28.3 Å². The lowest BCUT2D eigenvalue weighted by Crippen LogP contribution is -2.48. The molecule has 4 nitrogen and oxygen atoms in total. The molecule has 0 bridgehead atoms. The summed E-state index contributed by atoms with van der Waals surface area (Å²) in [5, 5.41) is 0.511. The third kappa shape index (κ3) is 6.45. The third-order valence-corrected chi connectivity index (χ3v) is 5.84. The molecule has 2 aromatic rings. The summed E-state index contributed by atoms with van der Waals surface area (Å²) >= 11 is 18.4. The van der Waals surface area contributed by atoms with Gasteiger partial charge in [0.2, 0.25) is 0 Å². The number of rotatable bonds is 9. The number of carbonyl (C=O) groups excluding carboxylic acids is 2. The number of benzene rings is 2. The average Bonchev–Trinajstić information content (AvgIpc) is 2.71. The molecule has 0 saturated carbocycles. The van der Waals surface area contributed by atoms with Crippen LogP contribution in [0.2, 0.25) is 5.02 Å². The largest absolute Gasteiger partial charge is 0.294 e. The fraction of sp³-hybridized carbons (Fsp3) is 0.364. The van der Waals surface area contributed by atoms with E-state index in [4.69, 9.17) is 35.2 Å². The number of ketones is 1. The molecule has 0 saturated heterocycles. The molecule has 0 atom stereocenters. The van der Waals surface area contributed by atoms with Gasteiger partial charge in [0.25, 0.3) is 5.91 Å². The molecular weight excluding hydrogens is 431 g/mol. The van der Waals surface area contributed by atoms with Crippen LogP contribution >= 0.6 is 35.2 Å². The topological polar surface area (TPSA) is 40.6 Å². The summed E-state index contributed by atoms with van der Waals surface area (Å²) in [4.78, 5) is 25.3. The molecule has 0 unspecified atom stereocenters. The van der Waals surface area contributed by atoms with E-state index in [9.17, 15) is 9.59 Å². The molecule has 0 aliphatic heterocycles. The summed E-state index contributed by atoms with van der Waals surface area (Å²) in [6, 6.07) is 13.9. The van der Waals surface area contributed by atoms with E-state index in [1.165, 1.54) is 5.56 Å². The molecule has 0 N–H and O–H groups in total. The summed E-state index contributed by atoms with van der Waals surface area (Å²) in [7, 11) is 0. The van der Waals surface area contributed by atoms with Gasteiger partial charge < -0.3 is 0 Å². The lowest BCUT2D eigenvalue weighted by Gasteiger charge is -2.35. The number of Topliss-reactive ketones (excluding diaryl/α,β-unsaturated/α-hetero) is 1. The van der Waals surface area contributed by atoms with Gasteiger partial charge in [0.15, 0.2) is 5.78 Å². The minimum absolute atomic E-state index is 0.0771. The van der Waals surface area contributed by atoms with Gasteiger partial charge in [-0.1, -0.05) is 49.2 Å². The first-order valence-corrected chi connectivity index (χ1v) is 10.5. The Bertz CT molecular complexity index is 836. The van der Waals surface area contributed by atoms with E-state index < -0.39 is 11.4 Å². The molecule has 2 aromatic carbocycles. The first-order chi connectivity index (χ1) is 13.7. The molecule has 0 radical (unpaired) electrons. The molecule has 0 spiro atoms. The Balaban J connectivity index is 2.05. The van der Waals surface area contributed by atoms with Crippen LogP contribution in [-0.2, 0) is 6.42 Å². The molecule has 0 aromatic heterocycles. The highest BCUT2D eigenvalue weighted by Gasteiger charge is 2.35. The number of nitrogens with zero attached hydrogens (tertiary/aromatic N) is 2. The van der Waals surface area contributed by atoms with Gasteiger partial charge in [0.05, 0.1) is 5.54 Å². The van der Waals surface area contributed by atoms with E-state index in [1.807, 2.05) is 24.3 Å². The molecule has 29 heavy (non-hydrogen) atoms. The van der Waals surface area contributed by atoms with Gasteiger partial charge in [-0.15, -0.1) is 4.53 Å². The highest BCUT2D eigenvalue weighted by Crippen LogP contribution is 2.28. The van der Waals surface area contributed by atoms with Gasteiger partial charge >= 0.3 is 0 Å². The van der Waals surface area contributed by atoms with Gasteiger partial charge in [-0.3, -0.25) is 9.59 Å². The summed E-state index contributed by atoms with van der Waals surface area (Å²) < 4.78 is 1.84. The Morgan fingerprint density at radius 2 is 1.48 bits per heavy atom. The van der Waals surface area contributed by atoms with E-state index >= 15 is 0 Å². The molecule has 156 valence electrons. The van der Waals surface area contributed by atoms with Crippen LogP contribution in [0.5, 0.6) is 0 Å². The van der Waals surface area contributed by atoms with Crippen LogP contribution in [0.4, 0.5) is 0 Å². The standard InChI is InChI=1S/C22H25Cl3N2O2/c1-4-5-6-16-7-9-17(10-8-16)20(28)15-22(2,3)27(25)26(24)21(29)18-11-13-19(23)14-12-18/h7-14H,4-6,15H2,1-3H3. The number of unbranched alkanes of at least 4 members (excludes halogenated alkanes) is 1. The maximum atomic E-state index is 12.7. The second-order valence-electron chi connectivity index (χ2n) is 7.55. The van der Waals surface area contributed by atoms with Crippen molar-refractivity contribution >= 4 is 46.8 Å². The molecule has 1 amide bonds. The second kappa shape index (κ2) is 10.4. The summed E-state index contributed by atoms with van der Waals surface area (Å²) in [5.74, 6) is -0.592. The van der Waals surface area contributed by atoms with Crippen LogP contribution in [-0.4, -0.2) is 26.3 Å². The highest BCUT2D eigenvalue weighted by atomic mass is 35.5. The van der Waals surface area contributed by atoms with Crippen LogP contribution in [0, 0.1) is 0 Å².